The molecule has 0 saturated heterocycles. The van der Waals surface area contributed by atoms with E-state index in [1.54, 1.807) is 11.3 Å². The van der Waals surface area contributed by atoms with Gasteiger partial charge in [-0.25, -0.2) is 4.98 Å². The lowest BCUT2D eigenvalue weighted by molar-refractivity contribution is -0.131. The molecule has 0 bridgehead atoms. The number of unbranched alkanes of at least 4 members (excludes halogenated alkanes) is 1. The normalized spacial score (nSPS) is 13.3. The zero-order valence-electron chi connectivity index (χ0n) is 17.3. The predicted octanol–water partition coefficient (Wildman–Crippen LogP) is 2.49. The lowest BCUT2D eigenvalue weighted by Gasteiger charge is -2.20. The van der Waals surface area contributed by atoms with Crippen molar-refractivity contribution in [1.29, 1.82) is 0 Å². The van der Waals surface area contributed by atoms with E-state index in [0.717, 1.165) is 55.5 Å². The van der Waals surface area contributed by atoms with Gasteiger partial charge in [-0.1, -0.05) is 13.3 Å². The van der Waals surface area contributed by atoms with Crippen LogP contribution in [0, 0.1) is 0 Å². The molecule has 0 spiro atoms. The van der Waals surface area contributed by atoms with Gasteiger partial charge in [-0.2, -0.15) is 0 Å². The van der Waals surface area contributed by atoms with Crippen molar-refractivity contribution >= 4 is 33.4 Å². The molecular formula is C21H30N4O3S. The number of nitrogens with zero attached hydrogens (tertiary/aromatic N) is 3. The average molecular weight is 419 g/mol. The van der Waals surface area contributed by atoms with Crippen LogP contribution in [-0.2, 0) is 29.0 Å². The molecule has 8 heteroatoms. The van der Waals surface area contributed by atoms with Gasteiger partial charge in [0.2, 0.25) is 11.8 Å². The number of carbonyl (C=O) groups excluding carboxylic acids is 2. The summed E-state index contributed by atoms with van der Waals surface area (Å²) in [7, 11) is 0. The van der Waals surface area contributed by atoms with Gasteiger partial charge in [-0.15, -0.1) is 11.3 Å². The zero-order valence-corrected chi connectivity index (χ0v) is 18.1. The van der Waals surface area contributed by atoms with Gasteiger partial charge >= 0.3 is 0 Å². The highest BCUT2D eigenvalue weighted by Crippen LogP contribution is 2.33. The number of hydrogen-bond donors (Lipinski definition) is 1. The van der Waals surface area contributed by atoms with Gasteiger partial charge in [0.1, 0.15) is 11.4 Å². The number of rotatable bonds is 9. The molecule has 7 nitrogen and oxygen atoms in total. The van der Waals surface area contributed by atoms with E-state index in [4.69, 9.17) is 0 Å². The van der Waals surface area contributed by atoms with Crippen molar-refractivity contribution in [3.63, 3.8) is 0 Å². The molecule has 0 radical (unpaired) electrons. The summed E-state index contributed by atoms with van der Waals surface area (Å²) in [6.07, 6.45) is 7.93. The Balaban J connectivity index is 1.58. The fourth-order valence-corrected chi connectivity index (χ4v) is 5.00. The van der Waals surface area contributed by atoms with E-state index < -0.39 is 0 Å². The standard InChI is InChI=1S/C21H30N4O3S/c1-3-5-12-24(4-2)18(27)10-11-22-17(26)13-25-14-23-20-19(21(25)28)15-8-6-7-9-16(15)29-20/h14H,3-13H2,1-2H3,(H,22,26). The average Bonchev–Trinajstić information content (AvgIpc) is 3.10. The first-order valence-corrected chi connectivity index (χ1v) is 11.4. The van der Waals surface area contributed by atoms with E-state index in [0.29, 0.717) is 11.9 Å². The minimum atomic E-state index is -0.276. The molecule has 0 fully saturated rings. The molecular weight excluding hydrogens is 388 g/mol. The molecule has 3 rings (SSSR count). The van der Waals surface area contributed by atoms with Crippen LogP contribution in [0.15, 0.2) is 11.1 Å². The minimum Gasteiger partial charge on any atom is -0.354 e. The number of nitrogens with one attached hydrogen (secondary N) is 1. The molecule has 2 heterocycles. The van der Waals surface area contributed by atoms with Crippen molar-refractivity contribution in [3.8, 4) is 0 Å². The van der Waals surface area contributed by atoms with Crippen molar-refractivity contribution in [2.45, 2.75) is 65.3 Å². The van der Waals surface area contributed by atoms with Gasteiger partial charge in [0.15, 0.2) is 0 Å². The topological polar surface area (TPSA) is 84.3 Å². The summed E-state index contributed by atoms with van der Waals surface area (Å²) < 4.78 is 1.38. The van der Waals surface area contributed by atoms with Crippen molar-refractivity contribution in [2.75, 3.05) is 19.6 Å². The van der Waals surface area contributed by atoms with E-state index in [1.165, 1.54) is 15.8 Å². The molecule has 1 aliphatic rings. The first kappa shape index (κ1) is 21.5. The van der Waals surface area contributed by atoms with Crippen LogP contribution in [0.2, 0.25) is 0 Å². The van der Waals surface area contributed by atoms with Crippen LogP contribution >= 0.6 is 11.3 Å². The highest BCUT2D eigenvalue weighted by atomic mass is 32.1. The third-order valence-corrected chi connectivity index (χ3v) is 6.63. The maximum Gasteiger partial charge on any atom is 0.262 e. The van der Waals surface area contributed by atoms with Crippen LogP contribution in [-0.4, -0.2) is 45.9 Å². The lowest BCUT2D eigenvalue weighted by atomic mass is 9.97. The summed E-state index contributed by atoms with van der Waals surface area (Å²) in [6, 6.07) is 0. The summed E-state index contributed by atoms with van der Waals surface area (Å²) in [5.41, 5.74) is 0.984. The smallest absolute Gasteiger partial charge is 0.262 e. The fraction of sp³-hybridized carbons (Fsp3) is 0.619. The van der Waals surface area contributed by atoms with Crippen LogP contribution in [0.25, 0.3) is 10.2 Å². The van der Waals surface area contributed by atoms with Crippen molar-refractivity contribution < 1.29 is 9.59 Å². The van der Waals surface area contributed by atoms with E-state index in [-0.39, 0.29) is 36.9 Å². The van der Waals surface area contributed by atoms with Crippen LogP contribution in [0.3, 0.4) is 0 Å². The third kappa shape index (κ3) is 5.04. The molecule has 0 aromatic carbocycles. The van der Waals surface area contributed by atoms with E-state index in [9.17, 15) is 14.4 Å². The highest BCUT2D eigenvalue weighted by Gasteiger charge is 2.20. The van der Waals surface area contributed by atoms with Crippen LogP contribution in [0.4, 0.5) is 0 Å². The van der Waals surface area contributed by atoms with Crippen LogP contribution < -0.4 is 10.9 Å². The molecule has 0 saturated carbocycles. The molecule has 0 unspecified atom stereocenters. The quantitative estimate of drug-likeness (QED) is 0.678. The number of thiophene rings is 1. The maximum absolute atomic E-state index is 12.9. The van der Waals surface area contributed by atoms with Gasteiger partial charge in [0.05, 0.1) is 11.7 Å². The molecule has 158 valence electrons. The SMILES string of the molecule is CCCCN(CC)C(=O)CCNC(=O)Cn1cnc2sc3c(c2c1=O)CCCC3. The second kappa shape index (κ2) is 10.0. The van der Waals surface area contributed by atoms with Gasteiger partial charge < -0.3 is 10.2 Å². The summed E-state index contributed by atoms with van der Waals surface area (Å²) in [6.45, 7) is 5.70. The first-order chi connectivity index (χ1) is 14.0. The number of carbonyl (C=O) groups is 2. The molecule has 2 aromatic heterocycles. The zero-order chi connectivity index (χ0) is 20.8. The Hall–Kier alpha value is -2.22. The van der Waals surface area contributed by atoms with Gasteiger partial charge in [-0.3, -0.25) is 19.0 Å². The Kier molecular flexibility index (Phi) is 7.41. The van der Waals surface area contributed by atoms with Gasteiger partial charge in [-0.05, 0) is 44.6 Å². The predicted molar refractivity (Wildman–Crippen MR) is 115 cm³/mol. The Labute approximate surface area is 175 Å². The van der Waals surface area contributed by atoms with Crippen LogP contribution in [0.1, 0.15) is 56.4 Å². The third-order valence-electron chi connectivity index (χ3n) is 5.43. The van der Waals surface area contributed by atoms with Crippen molar-refractivity contribution in [3.05, 3.63) is 27.1 Å². The Morgan fingerprint density at radius 1 is 1.28 bits per heavy atom. The maximum atomic E-state index is 12.9. The number of hydrogen-bond acceptors (Lipinski definition) is 5. The van der Waals surface area contributed by atoms with Gasteiger partial charge in [0, 0.05) is 30.9 Å². The minimum absolute atomic E-state index is 0.0476. The molecule has 1 N–H and O–H groups in total. The molecule has 2 amide bonds. The summed E-state index contributed by atoms with van der Waals surface area (Å²) in [4.78, 5) is 45.7. The number of amides is 2. The molecule has 29 heavy (non-hydrogen) atoms. The molecule has 0 aliphatic heterocycles. The Morgan fingerprint density at radius 3 is 2.83 bits per heavy atom. The van der Waals surface area contributed by atoms with Crippen molar-refractivity contribution in [1.82, 2.24) is 19.8 Å². The van der Waals surface area contributed by atoms with E-state index in [2.05, 4.69) is 17.2 Å². The fourth-order valence-electron chi connectivity index (χ4n) is 3.78. The van der Waals surface area contributed by atoms with Gasteiger partial charge in [0.25, 0.3) is 5.56 Å². The summed E-state index contributed by atoms with van der Waals surface area (Å²) in [5.74, 6) is -0.229. The van der Waals surface area contributed by atoms with Crippen molar-refractivity contribution in [2.24, 2.45) is 0 Å². The monoisotopic (exact) mass is 418 g/mol. The molecule has 0 atom stereocenters. The first-order valence-electron chi connectivity index (χ1n) is 10.6. The number of fused-ring (bicyclic) bond motifs is 3. The Morgan fingerprint density at radius 2 is 2.07 bits per heavy atom. The largest absolute Gasteiger partial charge is 0.354 e. The number of aromatic nitrogens is 2. The second-order valence-corrected chi connectivity index (χ2v) is 8.58. The molecule has 1 aliphatic carbocycles. The van der Waals surface area contributed by atoms with E-state index in [1.807, 2.05) is 11.8 Å². The lowest BCUT2D eigenvalue weighted by Crippen LogP contribution is -2.37. The number of aryl methyl sites for hydroxylation is 2. The highest BCUT2D eigenvalue weighted by molar-refractivity contribution is 7.18. The second-order valence-electron chi connectivity index (χ2n) is 7.50. The molecule has 2 aromatic rings. The summed E-state index contributed by atoms with van der Waals surface area (Å²) >= 11 is 1.60. The van der Waals surface area contributed by atoms with E-state index >= 15 is 0 Å². The van der Waals surface area contributed by atoms with Crippen LogP contribution in [0.5, 0.6) is 0 Å². The Bertz CT molecular complexity index is 934. The summed E-state index contributed by atoms with van der Waals surface area (Å²) in [5, 5.41) is 3.44.